The zero-order chi connectivity index (χ0) is 11.0. The first kappa shape index (κ1) is 9.27. The highest BCUT2D eigenvalue weighted by atomic mass is 19.1. The van der Waals surface area contributed by atoms with E-state index < -0.39 is 0 Å². The second kappa shape index (κ2) is 3.56. The van der Waals surface area contributed by atoms with Crippen molar-refractivity contribution in [1.29, 1.82) is 0 Å². The number of benzene rings is 1. The van der Waals surface area contributed by atoms with E-state index in [-0.39, 0.29) is 11.9 Å². The fourth-order valence-electron chi connectivity index (χ4n) is 1.81. The third-order valence-corrected chi connectivity index (χ3v) is 2.63. The summed E-state index contributed by atoms with van der Waals surface area (Å²) in [6.45, 7) is 0.535. The molecule has 2 aromatic rings. The molecule has 1 N–H and O–H groups in total. The molecule has 0 saturated carbocycles. The van der Waals surface area contributed by atoms with E-state index in [1.54, 1.807) is 24.5 Å². The van der Waals surface area contributed by atoms with Crippen molar-refractivity contribution in [2.45, 2.75) is 6.10 Å². The lowest BCUT2D eigenvalue weighted by atomic mass is 10.1. The number of hydrogen-bond acceptors (Lipinski definition) is 3. The van der Waals surface area contributed by atoms with Gasteiger partial charge in [-0.25, -0.2) is 4.39 Å². The van der Waals surface area contributed by atoms with E-state index in [1.807, 2.05) is 0 Å². The van der Waals surface area contributed by atoms with Crippen LogP contribution >= 0.6 is 0 Å². The monoisotopic (exact) mass is 219 g/mol. The van der Waals surface area contributed by atoms with Gasteiger partial charge in [-0.3, -0.25) is 0 Å². The molecule has 1 aliphatic heterocycles. The van der Waals surface area contributed by atoms with Gasteiger partial charge in [-0.15, -0.1) is 0 Å². The van der Waals surface area contributed by atoms with Gasteiger partial charge in [0.1, 0.15) is 30.1 Å². The zero-order valence-electron chi connectivity index (χ0n) is 8.44. The molecule has 82 valence electrons. The van der Waals surface area contributed by atoms with Crippen molar-refractivity contribution in [3.63, 3.8) is 0 Å². The highest BCUT2D eigenvalue weighted by Gasteiger charge is 2.24. The third kappa shape index (κ3) is 1.43. The van der Waals surface area contributed by atoms with Crippen LogP contribution in [0.4, 0.5) is 10.1 Å². The van der Waals surface area contributed by atoms with Crippen LogP contribution in [0.3, 0.4) is 0 Å². The topological polar surface area (TPSA) is 34.4 Å². The highest BCUT2D eigenvalue weighted by molar-refractivity contribution is 5.55. The van der Waals surface area contributed by atoms with Crippen molar-refractivity contribution in [3.8, 4) is 5.75 Å². The average molecular weight is 219 g/mol. The third-order valence-electron chi connectivity index (χ3n) is 2.63. The molecule has 16 heavy (non-hydrogen) atoms. The first-order chi connectivity index (χ1) is 7.84. The lowest BCUT2D eigenvalue weighted by molar-refractivity contribution is 0.204. The minimum absolute atomic E-state index is 0.249. The highest BCUT2D eigenvalue weighted by Crippen LogP contribution is 2.35. The molecular formula is C12H10FNO2. The first-order valence-electron chi connectivity index (χ1n) is 5.06. The van der Waals surface area contributed by atoms with E-state index in [0.717, 1.165) is 5.69 Å². The maximum Gasteiger partial charge on any atom is 0.181 e. The molecule has 3 nitrogen and oxygen atoms in total. The lowest BCUT2D eigenvalue weighted by Gasteiger charge is -2.25. The maximum atomic E-state index is 13.5. The largest absolute Gasteiger partial charge is 0.478 e. The Balaban J connectivity index is 1.92. The molecule has 0 radical (unpaired) electrons. The van der Waals surface area contributed by atoms with Gasteiger partial charge in [0.2, 0.25) is 0 Å². The van der Waals surface area contributed by atoms with Gasteiger partial charge < -0.3 is 14.5 Å². The van der Waals surface area contributed by atoms with E-state index in [0.29, 0.717) is 17.9 Å². The van der Waals surface area contributed by atoms with E-state index >= 15 is 0 Å². The van der Waals surface area contributed by atoms with E-state index in [4.69, 9.17) is 9.15 Å². The Kier molecular flexibility index (Phi) is 2.06. The predicted octanol–water partition coefficient (Wildman–Crippen LogP) is 2.96. The van der Waals surface area contributed by atoms with Crippen LogP contribution in [0.5, 0.6) is 5.75 Å². The Morgan fingerprint density at radius 1 is 1.25 bits per heavy atom. The van der Waals surface area contributed by atoms with Crippen LogP contribution in [0.15, 0.2) is 41.2 Å². The summed E-state index contributed by atoms with van der Waals surface area (Å²) in [6, 6.07) is 6.63. The van der Waals surface area contributed by atoms with Gasteiger partial charge in [-0.1, -0.05) is 18.2 Å². The van der Waals surface area contributed by atoms with Crippen molar-refractivity contribution < 1.29 is 13.5 Å². The standard InChI is InChI=1S/C12H10FNO2/c13-9-4-2-1-3-8(9)11-5-14-10-6-15-7-12(10)16-11/h1-4,6-7,11,14H,5H2. The van der Waals surface area contributed by atoms with Crippen LogP contribution in [-0.2, 0) is 0 Å². The quantitative estimate of drug-likeness (QED) is 0.800. The number of halogens is 1. The fraction of sp³-hybridized carbons (Fsp3) is 0.167. The Labute approximate surface area is 91.8 Å². The van der Waals surface area contributed by atoms with E-state index in [1.165, 1.54) is 12.3 Å². The fourth-order valence-corrected chi connectivity index (χ4v) is 1.81. The number of fused-ring (bicyclic) bond motifs is 1. The Bertz CT molecular complexity index is 509. The van der Waals surface area contributed by atoms with Gasteiger partial charge in [0.15, 0.2) is 5.75 Å². The number of hydrogen-bond donors (Lipinski definition) is 1. The SMILES string of the molecule is Fc1ccccc1C1CNc2cocc2O1. The van der Waals surface area contributed by atoms with Crippen molar-refractivity contribution in [2.24, 2.45) is 0 Å². The predicted molar refractivity (Wildman–Crippen MR) is 57.0 cm³/mol. The van der Waals surface area contributed by atoms with Gasteiger partial charge in [0.05, 0.1) is 6.54 Å². The smallest absolute Gasteiger partial charge is 0.181 e. The van der Waals surface area contributed by atoms with Crippen molar-refractivity contribution in [3.05, 3.63) is 48.2 Å². The molecular weight excluding hydrogens is 209 g/mol. The van der Waals surface area contributed by atoms with Crippen LogP contribution in [0.25, 0.3) is 0 Å². The van der Waals surface area contributed by atoms with Crippen molar-refractivity contribution in [2.75, 3.05) is 11.9 Å². The molecule has 0 fully saturated rings. The maximum absolute atomic E-state index is 13.5. The summed E-state index contributed by atoms with van der Waals surface area (Å²) in [4.78, 5) is 0. The van der Waals surface area contributed by atoms with Crippen molar-refractivity contribution in [1.82, 2.24) is 0 Å². The molecule has 3 rings (SSSR count). The van der Waals surface area contributed by atoms with Crippen LogP contribution in [0.1, 0.15) is 11.7 Å². The molecule has 1 atom stereocenters. The summed E-state index contributed by atoms with van der Waals surface area (Å²) in [7, 11) is 0. The van der Waals surface area contributed by atoms with Gasteiger partial charge in [-0.2, -0.15) is 0 Å². The van der Waals surface area contributed by atoms with Gasteiger partial charge >= 0.3 is 0 Å². The van der Waals surface area contributed by atoms with Crippen molar-refractivity contribution >= 4 is 5.69 Å². The summed E-state index contributed by atoms with van der Waals surface area (Å²) in [5.74, 6) is 0.376. The van der Waals surface area contributed by atoms with E-state index in [9.17, 15) is 4.39 Å². The zero-order valence-corrected chi connectivity index (χ0v) is 8.44. The van der Waals surface area contributed by atoms with Crippen LogP contribution < -0.4 is 10.1 Å². The number of furan rings is 1. The Morgan fingerprint density at radius 3 is 3.00 bits per heavy atom. The van der Waals surface area contributed by atoms with Gasteiger partial charge in [-0.05, 0) is 6.07 Å². The summed E-state index contributed by atoms with van der Waals surface area (Å²) >= 11 is 0. The molecule has 4 heteroatoms. The minimum Gasteiger partial charge on any atom is -0.478 e. The summed E-state index contributed by atoms with van der Waals surface area (Å²) in [5, 5.41) is 3.13. The molecule has 0 aliphatic carbocycles. The van der Waals surface area contributed by atoms with E-state index in [2.05, 4.69) is 5.32 Å². The molecule has 0 spiro atoms. The molecule has 2 heterocycles. The van der Waals surface area contributed by atoms with Crippen LogP contribution in [0.2, 0.25) is 0 Å². The summed E-state index contributed by atoms with van der Waals surface area (Å²) < 4.78 is 24.2. The minimum atomic E-state index is -0.314. The lowest BCUT2D eigenvalue weighted by Crippen LogP contribution is -2.23. The Hall–Kier alpha value is -1.97. The molecule has 0 bridgehead atoms. The van der Waals surface area contributed by atoms with Gasteiger partial charge in [0, 0.05) is 5.56 Å². The molecule has 0 saturated heterocycles. The second-order valence-corrected chi connectivity index (χ2v) is 3.66. The second-order valence-electron chi connectivity index (χ2n) is 3.66. The normalized spacial score (nSPS) is 18.4. The number of nitrogens with one attached hydrogen (secondary N) is 1. The summed E-state index contributed by atoms with van der Waals surface area (Å²) in [6.07, 6.45) is 2.77. The first-order valence-corrected chi connectivity index (χ1v) is 5.06. The average Bonchev–Trinajstić information content (AvgIpc) is 2.76. The molecule has 0 amide bonds. The van der Waals surface area contributed by atoms with Gasteiger partial charge in [0.25, 0.3) is 0 Å². The molecule has 1 aromatic heterocycles. The number of ether oxygens (including phenoxy) is 1. The van der Waals surface area contributed by atoms with Crippen LogP contribution in [0, 0.1) is 5.82 Å². The molecule has 1 aromatic carbocycles. The number of rotatable bonds is 1. The van der Waals surface area contributed by atoms with Crippen LogP contribution in [-0.4, -0.2) is 6.54 Å². The molecule has 1 aliphatic rings. The summed E-state index contributed by atoms with van der Waals surface area (Å²) in [5.41, 5.74) is 1.37. The molecule has 1 unspecified atom stereocenters. The Morgan fingerprint density at radius 2 is 2.12 bits per heavy atom. The number of anilines is 1.